The first kappa shape index (κ1) is 32.0. The predicted molar refractivity (Wildman–Crippen MR) is 168 cm³/mol. The summed E-state index contributed by atoms with van der Waals surface area (Å²) in [5.74, 6) is 5.78. The van der Waals surface area contributed by atoms with Gasteiger partial charge < -0.3 is 25.3 Å². The number of urea groups is 1. The minimum atomic E-state index is -0.576. The van der Waals surface area contributed by atoms with E-state index in [-0.39, 0.29) is 18.1 Å². The minimum Gasteiger partial charge on any atom is -0.381 e. The number of halogens is 2. The Kier molecular flexibility index (Phi) is 10.4. The second kappa shape index (κ2) is 14.6. The lowest BCUT2D eigenvalue weighted by molar-refractivity contribution is 0.0599. The molecule has 4 heterocycles. The zero-order valence-electron chi connectivity index (χ0n) is 26.1. The van der Waals surface area contributed by atoms with E-state index in [1.165, 1.54) is 24.5 Å². The molecule has 1 atom stereocenters. The third-order valence-corrected chi connectivity index (χ3v) is 8.35. The number of piperazine rings is 1. The van der Waals surface area contributed by atoms with Crippen molar-refractivity contribution in [2.24, 2.45) is 5.92 Å². The van der Waals surface area contributed by atoms with Gasteiger partial charge in [0.1, 0.15) is 11.5 Å². The number of amides is 2. The molecule has 2 aromatic heterocycles. The largest absolute Gasteiger partial charge is 0.381 e. The Bertz CT molecular complexity index is 1580. The summed E-state index contributed by atoms with van der Waals surface area (Å²) in [4.78, 5) is 25.8. The number of carbonyl (C=O) groups excluding carboxylic acids is 1. The number of nitrogens with zero attached hydrogens (tertiary/aromatic N) is 6. The van der Waals surface area contributed by atoms with Crippen LogP contribution in [0.15, 0.2) is 24.4 Å². The van der Waals surface area contributed by atoms with E-state index in [0.717, 1.165) is 38.3 Å². The second-order valence-electron chi connectivity index (χ2n) is 11.5. The number of anilines is 1. The van der Waals surface area contributed by atoms with Gasteiger partial charge in [-0.15, -0.1) is 0 Å². The molecule has 2 aliphatic heterocycles. The number of hydrogen-bond donors (Lipinski definition) is 2. The van der Waals surface area contributed by atoms with E-state index in [9.17, 15) is 9.18 Å². The molecule has 12 heteroatoms. The maximum absolute atomic E-state index is 15.1. The van der Waals surface area contributed by atoms with Crippen LogP contribution >= 0.6 is 0 Å². The van der Waals surface area contributed by atoms with Crippen LogP contribution in [0.3, 0.4) is 0 Å². The molecule has 238 valence electrons. The topological polar surface area (TPSA) is 112 Å². The lowest BCUT2D eigenvalue weighted by Crippen LogP contribution is -2.52. The van der Waals surface area contributed by atoms with Crippen molar-refractivity contribution in [3.63, 3.8) is 0 Å². The van der Waals surface area contributed by atoms with Crippen molar-refractivity contribution < 1.29 is 18.3 Å². The monoisotopic (exact) mass is 618 g/mol. The highest BCUT2D eigenvalue weighted by atomic mass is 19.1. The van der Waals surface area contributed by atoms with Gasteiger partial charge in [-0.2, -0.15) is 5.10 Å². The Hall–Kier alpha value is -4.37. The summed E-state index contributed by atoms with van der Waals surface area (Å²) in [7, 11) is 0. The van der Waals surface area contributed by atoms with E-state index >= 15 is 4.39 Å². The number of carbonyl (C=O) groups is 1. The summed E-state index contributed by atoms with van der Waals surface area (Å²) in [6, 6.07) is 3.59. The summed E-state index contributed by atoms with van der Waals surface area (Å²) >= 11 is 0. The summed E-state index contributed by atoms with van der Waals surface area (Å²) in [6.45, 7) is 9.67. The van der Waals surface area contributed by atoms with Crippen LogP contribution in [-0.2, 0) is 11.3 Å². The van der Waals surface area contributed by atoms with E-state index in [4.69, 9.17) is 15.2 Å². The summed E-state index contributed by atoms with van der Waals surface area (Å²) in [6.07, 6.45) is 5.22. The van der Waals surface area contributed by atoms with Crippen LogP contribution in [0.5, 0.6) is 0 Å². The van der Waals surface area contributed by atoms with Crippen LogP contribution < -0.4 is 10.2 Å². The minimum absolute atomic E-state index is 0.215. The van der Waals surface area contributed by atoms with Gasteiger partial charge in [-0.25, -0.2) is 23.5 Å². The Morgan fingerprint density at radius 3 is 2.64 bits per heavy atom. The van der Waals surface area contributed by atoms with Crippen LogP contribution in [0.2, 0.25) is 0 Å². The van der Waals surface area contributed by atoms with Crippen molar-refractivity contribution in [3.05, 3.63) is 58.5 Å². The van der Waals surface area contributed by atoms with Gasteiger partial charge >= 0.3 is 6.03 Å². The van der Waals surface area contributed by atoms with Gasteiger partial charge in [0.2, 0.25) is 5.95 Å². The normalized spacial score (nSPS) is 16.2. The SMILES string of the molecule is CCC#Cc1cc(F)cc([C@H](CC=N)NC(=O)N2CCN(c3ncc(F)c(-c4c(C)nn(CC5CCOCC5)c4C)n3)CC2)c1. The van der Waals surface area contributed by atoms with E-state index in [2.05, 4.69) is 27.1 Å². The van der Waals surface area contributed by atoms with E-state index in [1.807, 2.05) is 30.4 Å². The van der Waals surface area contributed by atoms with Crippen LogP contribution in [0.4, 0.5) is 19.5 Å². The molecule has 2 aliphatic rings. The molecule has 0 bridgehead atoms. The number of aryl methyl sites for hydroxylation is 1. The van der Waals surface area contributed by atoms with E-state index < -0.39 is 17.7 Å². The Morgan fingerprint density at radius 2 is 1.93 bits per heavy atom. The van der Waals surface area contributed by atoms with Crippen molar-refractivity contribution in [2.45, 2.75) is 59.0 Å². The van der Waals surface area contributed by atoms with Crippen molar-refractivity contribution in [1.29, 1.82) is 5.41 Å². The number of hydrogen-bond acceptors (Lipinski definition) is 7. The van der Waals surface area contributed by atoms with Crippen LogP contribution in [0.25, 0.3) is 11.3 Å². The summed E-state index contributed by atoms with van der Waals surface area (Å²) in [5.41, 5.74) is 3.57. The van der Waals surface area contributed by atoms with Crippen molar-refractivity contribution in [1.82, 2.24) is 30.0 Å². The van der Waals surface area contributed by atoms with Crippen LogP contribution in [0.1, 0.15) is 61.2 Å². The zero-order chi connectivity index (χ0) is 31.9. The highest BCUT2D eigenvalue weighted by Crippen LogP contribution is 2.30. The summed E-state index contributed by atoms with van der Waals surface area (Å²) in [5, 5.41) is 15.3. The molecular formula is C33H40F2N8O2. The molecule has 2 amide bonds. The molecule has 0 spiro atoms. The Morgan fingerprint density at radius 1 is 1.18 bits per heavy atom. The van der Waals surface area contributed by atoms with Gasteiger partial charge in [-0.05, 0) is 62.6 Å². The molecule has 0 radical (unpaired) electrons. The molecule has 0 aliphatic carbocycles. The van der Waals surface area contributed by atoms with E-state index in [0.29, 0.717) is 66.9 Å². The standard InChI is InChI=1S/C33H40F2N8O2/c1-4-5-6-25-17-26(19-27(34)18-25)29(7-10-36)38-33(44)42-13-11-41(12-14-42)32-37-20-28(35)31(39-32)30-22(2)40-43(23(30)3)21-24-8-15-45-16-9-24/h10,17-20,24,29,36H,4,7-9,11-16,21H2,1-3H3,(H,38,44)/t29-/m0/s1. The van der Waals surface area contributed by atoms with Crippen molar-refractivity contribution >= 4 is 18.2 Å². The number of benzene rings is 1. The predicted octanol–water partition coefficient (Wildman–Crippen LogP) is 5.04. The number of rotatable bonds is 8. The van der Waals surface area contributed by atoms with Gasteiger partial charge in [0.25, 0.3) is 0 Å². The molecule has 2 saturated heterocycles. The molecule has 5 rings (SSSR count). The van der Waals surface area contributed by atoms with Crippen LogP contribution in [-0.4, -0.2) is 76.3 Å². The van der Waals surface area contributed by atoms with Gasteiger partial charge in [0.05, 0.1) is 17.9 Å². The Labute approximate surface area is 262 Å². The fourth-order valence-corrected chi connectivity index (χ4v) is 5.90. The highest BCUT2D eigenvalue weighted by molar-refractivity contribution is 5.76. The Balaban J connectivity index is 1.25. The van der Waals surface area contributed by atoms with Gasteiger partial charge in [0, 0.05) is 75.6 Å². The summed E-state index contributed by atoms with van der Waals surface area (Å²) < 4.78 is 36.9. The molecule has 0 unspecified atom stereocenters. The van der Waals surface area contributed by atoms with Crippen molar-refractivity contribution in [3.8, 4) is 23.1 Å². The lowest BCUT2D eigenvalue weighted by Gasteiger charge is -2.35. The second-order valence-corrected chi connectivity index (χ2v) is 11.5. The average Bonchev–Trinajstić information content (AvgIpc) is 3.31. The number of aromatic nitrogens is 4. The molecule has 3 aromatic rings. The highest BCUT2D eigenvalue weighted by Gasteiger charge is 2.27. The van der Waals surface area contributed by atoms with Gasteiger partial charge in [0.15, 0.2) is 5.82 Å². The third-order valence-electron chi connectivity index (χ3n) is 8.35. The van der Waals surface area contributed by atoms with Crippen molar-refractivity contribution in [2.75, 3.05) is 44.3 Å². The van der Waals surface area contributed by atoms with Gasteiger partial charge in [-0.1, -0.05) is 18.8 Å². The zero-order valence-corrected chi connectivity index (χ0v) is 26.1. The number of ether oxygens (including phenoxy) is 1. The first-order valence-electron chi connectivity index (χ1n) is 15.5. The molecule has 2 N–H and O–H groups in total. The molecule has 2 fully saturated rings. The molecule has 0 saturated carbocycles. The number of nitrogens with one attached hydrogen (secondary N) is 2. The molecule has 45 heavy (non-hydrogen) atoms. The average molecular weight is 619 g/mol. The third kappa shape index (κ3) is 7.65. The fourth-order valence-electron chi connectivity index (χ4n) is 5.90. The van der Waals surface area contributed by atoms with Crippen LogP contribution in [0, 0.1) is 48.6 Å². The van der Waals surface area contributed by atoms with Gasteiger partial charge in [-0.3, -0.25) is 4.68 Å². The van der Waals surface area contributed by atoms with E-state index in [1.54, 1.807) is 11.0 Å². The quantitative estimate of drug-likeness (QED) is 0.271. The molecule has 10 nitrogen and oxygen atoms in total. The fraction of sp³-hybridized carbons (Fsp3) is 0.485. The molecule has 1 aromatic carbocycles. The molecular weight excluding hydrogens is 578 g/mol. The first-order chi connectivity index (χ1) is 21.8. The maximum atomic E-state index is 15.1. The first-order valence-corrected chi connectivity index (χ1v) is 15.5. The maximum Gasteiger partial charge on any atom is 0.318 e. The lowest BCUT2D eigenvalue weighted by atomic mass is 10.0. The smallest absolute Gasteiger partial charge is 0.318 e.